The molecule has 18 heavy (non-hydrogen) atoms. The Morgan fingerprint density at radius 1 is 1.28 bits per heavy atom. The van der Waals surface area contributed by atoms with Gasteiger partial charge in [-0.25, -0.2) is 4.79 Å². The number of ether oxygens (including phenoxy) is 1. The van der Waals surface area contributed by atoms with Crippen LogP contribution in [0.2, 0.25) is 0 Å². The number of rotatable bonds is 2. The number of carbonyl (C=O) groups excluding carboxylic acids is 3. The molecule has 1 fully saturated rings. The lowest BCUT2D eigenvalue weighted by molar-refractivity contribution is -0.147. The molecule has 0 spiro atoms. The van der Waals surface area contributed by atoms with E-state index in [0.29, 0.717) is 5.56 Å². The highest BCUT2D eigenvalue weighted by atomic mass is 16.5. The van der Waals surface area contributed by atoms with Gasteiger partial charge in [0.25, 0.3) is 5.91 Å². The van der Waals surface area contributed by atoms with Crippen LogP contribution in [0.3, 0.4) is 0 Å². The molecule has 1 heterocycles. The molecule has 5 heteroatoms. The van der Waals surface area contributed by atoms with Crippen LogP contribution in [0.25, 0.3) is 0 Å². The van der Waals surface area contributed by atoms with E-state index in [2.05, 4.69) is 4.74 Å². The van der Waals surface area contributed by atoms with Crippen molar-refractivity contribution < 1.29 is 19.1 Å². The zero-order valence-electron chi connectivity index (χ0n) is 9.96. The van der Waals surface area contributed by atoms with E-state index in [1.807, 2.05) is 0 Å². The van der Waals surface area contributed by atoms with Crippen LogP contribution in [0, 0.1) is 0 Å². The molecule has 0 aliphatic carbocycles. The van der Waals surface area contributed by atoms with Gasteiger partial charge in [-0.2, -0.15) is 0 Å². The summed E-state index contributed by atoms with van der Waals surface area (Å²) in [6, 6.07) is 7.47. The van der Waals surface area contributed by atoms with Crippen molar-refractivity contribution in [3.63, 3.8) is 0 Å². The molecule has 1 atom stereocenters. The second-order valence-electron chi connectivity index (χ2n) is 4.01. The van der Waals surface area contributed by atoms with Crippen molar-refractivity contribution in [1.29, 1.82) is 0 Å². The molecule has 2 rings (SSSR count). The standard InChI is InChI=1S/C13H13NO4/c1-18-13(17)11-10(15)7-8-14(11)12(16)9-5-3-2-4-6-9/h2-6,11H,7-8H2,1H3. The van der Waals surface area contributed by atoms with Gasteiger partial charge in [0.15, 0.2) is 11.8 Å². The molecule has 1 aromatic carbocycles. The zero-order chi connectivity index (χ0) is 13.1. The number of hydrogen-bond donors (Lipinski definition) is 0. The van der Waals surface area contributed by atoms with E-state index >= 15 is 0 Å². The first kappa shape index (κ1) is 12.3. The third-order valence-corrected chi connectivity index (χ3v) is 2.92. The largest absolute Gasteiger partial charge is 0.467 e. The summed E-state index contributed by atoms with van der Waals surface area (Å²) in [6.07, 6.45) is 0.193. The summed E-state index contributed by atoms with van der Waals surface area (Å²) in [7, 11) is 1.21. The summed E-state index contributed by atoms with van der Waals surface area (Å²) in [4.78, 5) is 36.6. The number of benzene rings is 1. The van der Waals surface area contributed by atoms with Crippen LogP contribution < -0.4 is 0 Å². The Bertz CT molecular complexity index is 483. The molecule has 1 aromatic rings. The van der Waals surface area contributed by atoms with Gasteiger partial charge in [0.05, 0.1) is 7.11 Å². The molecule has 0 bridgehead atoms. The first-order valence-electron chi connectivity index (χ1n) is 5.61. The number of ketones is 1. The van der Waals surface area contributed by atoms with Crippen LogP contribution in [0.15, 0.2) is 30.3 Å². The number of methoxy groups -OCH3 is 1. The fourth-order valence-electron chi connectivity index (χ4n) is 2.01. The van der Waals surface area contributed by atoms with Crippen molar-refractivity contribution in [3.8, 4) is 0 Å². The summed E-state index contributed by atoms with van der Waals surface area (Å²) in [6.45, 7) is 0.256. The van der Waals surface area contributed by atoms with Crippen molar-refractivity contribution in [3.05, 3.63) is 35.9 Å². The highest BCUT2D eigenvalue weighted by molar-refractivity contribution is 6.10. The third kappa shape index (κ3) is 2.11. The third-order valence-electron chi connectivity index (χ3n) is 2.92. The van der Waals surface area contributed by atoms with Gasteiger partial charge in [0.2, 0.25) is 0 Å². The molecule has 0 radical (unpaired) electrons. The van der Waals surface area contributed by atoms with E-state index in [4.69, 9.17) is 0 Å². The van der Waals surface area contributed by atoms with Gasteiger partial charge in [-0.1, -0.05) is 18.2 Å². The van der Waals surface area contributed by atoms with Crippen molar-refractivity contribution in [1.82, 2.24) is 4.90 Å². The zero-order valence-corrected chi connectivity index (χ0v) is 9.96. The maximum atomic E-state index is 12.2. The Labute approximate surface area is 104 Å². The molecule has 1 aliphatic rings. The molecule has 1 unspecified atom stereocenters. The molecular weight excluding hydrogens is 234 g/mol. The Hall–Kier alpha value is -2.17. The monoisotopic (exact) mass is 247 g/mol. The number of amides is 1. The number of likely N-dealkylation sites (tertiary alicyclic amines) is 1. The smallest absolute Gasteiger partial charge is 0.336 e. The molecule has 94 valence electrons. The van der Waals surface area contributed by atoms with E-state index in [9.17, 15) is 14.4 Å². The average molecular weight is 247 g/mol. The summed E-state index contributed by atoms with van der Waals surface area (Å²) in [5.41, 5.74) is 0.459. The fourth-order valence-corrected chi connectivity index (χ4v) is 2.01. The minimum absolute atomic E-state index is 0.193. The Kier molecular flexibility index (Phi) is 3.41. The van der Waals surface area contributed by atoms with Gasteiger partial charge in [0.1, 0.15) is 0 Å². The highest BCUT2D eigenvalue weighted by Crippen LogP contribution is 2.18. The second-order valence-corrected chi connectivity index (χ2v) is 4.01. The maximum absolute atomic E-state index is 12.2. The first-order valence-corrected chi connectivity index (χ1v) is 5.61. The van der Waals surface area contributed by atoms with Crippen LogP contribution in [-0.4, -0.2) is 42.3 Å². The molecule has 0 aromatic heterocycles. The lowest BCUT2D eigenvalue weighted by Crippen LogP contribution is -2.44. The number of hydrogen-bond acceptors (Lipinski definition) is 4. The fraction of sp³-hybridized carbons (Fsp3) is 0.308. The van der Waals surface area contributed by atoms with Crippen molar-refractivity contribution >= 4 is 17.7 Å². The molecule has 5 nitrogen and oxygen atoms in total. The van der Waals surface area contributed by atoms with Gasteiger partial charge in [-0.3, -0.25) is 9.59 Å². The van der Waals surface area contributed by atoms with E-state index in [1.165, 1.54) is 12.0 Å². The SMILES string of the molecule is COC(=O)C1C(=O)CCN1C(=O)c1ccccc1. The second kappa shape index (κ2) is 5.00. The Morgan fingerprint density at radius 3 is 2.56 bits per heavy atom. The quantitative estimate of drug-likeness (QED) is 0.568. The number of nitrogens with zero attached hydrogens (tertiary/aromatic N) is 1. The molecule has 1 saturated heterocycles. The van der Waals surface area contributed by atoms with Gasteiger partial charge in [-0.05, 0) is 12.1 Å². The van der Waals surface area contributed by atoms with Crippen LogP contribution in [0.4, 0.5) is 0 Å². The lowest BCUT2D eigenvalue weighted by atomic mass is 10.1. The highest BCUT2D eigenvalue weighted by Gasteiger charge is 2.41. The van der Waals surface area contributed by atoms with Gasteiger partial charge >= 0.3 is 5.97 Å². The van der Waals surface area contributed by atoms with E-state index in [0.717, 1.165) is 0 Å². The van der Waals surface area contributed by atoms with Gasteiger partial charge < -0.3 is 9.64 Å². The number of carbonyl (C=O) groups is 3. The van der Waals surface area contributed by atoms with E-state index in [-0.39, 0.29) is 24.7 Å². The van der Waals surface area contributed by atoms with Crippen molar-refractivity contribution in [2.75, 3.05) is 13.7 Å². The van der Waals surface area contributed by atoms with Crippen LogP contribution >= 0.6 is 0 Å². The molecular formula is C13H13NO4. The maximum Gasteiger partial charge on any atom is 0.336 e. The van der Waals surface area contributed by atoms with E-state index < -0.39 is 12.0 Å². The molecule has 1 amide bonds. The Balaban J connectivity index is 2.25. The van der Waals surface area contributed by atoms with E-state index in [1.54, 1.807) is 30.3 Å². The lowest BCUT2D eigenvalue weighted by Gasteiger charge is -2.21. The summed E-state index contributed by atoms with van der Waals surface area (Å²) >= 11 is 0. The molecule has 0 N–H and O–H groups in total. The number of Topliss-reactive ketones (excluding diaryl/α,β-unsaturated/α-hetero) is 1. The van der Waals surface area contributed by atoms with Gasteiger partial charge in [0, 0.05) is 18.5 Å². The summed E-state index contributed by atoms with van der Waals surface area (Å²) in [5, 5.41) is 0. The van der Waals surface area contributed by atoms with Crippen LogP contribution in [0.5, 0.6) is 0 Å². The van der Waals surface area contributed by atoms with Crippen LogP contribution in [0.1, 0.15) is 16.8 Å². The molecule has 0 saturated carbocycles. The predicted molar refractivity (Wildman–Crippen MR) is 62.9 cm³/mol. The summed E-state index contributed by atoms with van der Waals surface area (Å²) in [5.74, 6) is -1.27. The predicted octanol–water partition coefficient (Wildman–Crippen LogP) is 0.643. The molecule has 1 aliphatic heterocycles. The Morgan fingerprint density at radius 2 is 1.94 bits per heavy atom. The summed E-state index contributed by atoms with van der Waals surface area (Å²) < 4.78 is 4.57. The van der Waals surface area contributed by atoms with Crippen molar-refractivity contribution in [2.45, 2.75) is 12.5 Å². The topological polar surface area (TPSA) is 63.7 Å². The average Bonchev–Trinajstić information content (AvgIpc) is 2.80. The van der Waals surface area contributed by atoms with Crippen LogP contribution in [-0.2, 0) is 14.3 Å². The normalized spacial score (nSPS) is 18.8. The number of esters is 1. The minimum atomic E-state index is -1.09. The first-order chi connectivity index (χ1) is 8.65. The van der Waals surface area contributed by atoms with Gasteiger partial charge in [-0.15, -0.1) is 0 Å². The van der Waals surface area contributed by atoms with Crippen molar-refractivity contribution in [2.24, 2.45) is 0 Å². The minimum Gasteiger partial charge on any atom is -0.467 e.